The van der Waals surface area contributed by atoms with Gasteiger partial charge in [-0.3, -0.25) is 0 Å². The summed E-state index contributed by atoms with van der Waals surface area (Å²) in [6.07, 6.45) is 0. The zero-order valence-corrected chi connectivity index (χ0v) is 10.00. The number of hydrogen-bond acceptors (Lipinski definition) is 1. The van der Waals surface area contributed by atoms with Gasteiger partial charge in [-0.05, 0) is 45.5 Å². The van der Waals surface area contributed by atoms with E-state index < -0.39 is 0 Å². The van der Waals surface area contributed by atoms with Gasteiger partial charge in [0.1, 0.15) is 0 Å². The number of thiophene rings is 1. The van der Waals surface area contributed by atoms with Gasteiger partial charge in [0, 0.05) is 10.1 Å². The Morgan fingerprint density at radius 3 is 2.65 bits per heavy atom. The average molecular weight is 234 g/mol. The van der Waals surface area contributed by atoms with E-state index in [1.807, 2.05) is 11.3 Å². The Hall–Kier alpha value is -1.86. The van der Waals surface area contributed by atoms with Crippen LogP contribution in [0.25, 0.3) is 32.0 Å². The molecule has 0 fully saturated rings. The largest absolute Gasteiger partial charge is 0.144 e. The minimum absolute atomic E-state index is 1.32. The standard InChI is InChI=1S/C16H10S/c1-2-4-11-10-15-13(12(11)5-3-1)6-7-16-14(15)8-9-17-16/h1-10H. The molecule has 1 heterocycles. The Labute approximate surface area is 103 Å². The summed E-state index contributed by atoms with van der Waals surface area (Å²) in [5.41, 5.74) is 2.67. The molecule has 2 aromatic rings. The molecule has 0 spiro atoms. The molecule has 0 aliphatic heterocycles. The lowest BCUT2D eigenvalue weighted by Crippen LogP contribution is -1.67. The molecule has 0 N–H and O–H groups in total. The van der Waals surface area contributed by atoms with Gasteiger partial charge in [0.25, 0.3) is 0 Å². The van der Waals surface area contributed by atoms with E-state index in [0.717, 1.165) is 0 Å². The fraction of sp³-hybridized carbons (Fsp3) is 0. The average Bonchev–Trinajstić information content (AvgIpc) is 2.87. The highest BCUT2D eigenvalue weighted by Gasteiger charge is 2.10. The lowest BCUT2D eigenvalue weighted by Gasteiger charge is -1.94. The van der Waals surface area contributed by atoms with Gasteiger partial charge >= 0.3 is 0 Å². The van der Waals surface area contributed by atoms with Gasteiger partial charge in [-0.25, -0.2) is 0 Å². The highest BCUT2D eigenvalue weighted by molar-refractivity contribution is 7.17. The fourth-order valence-electron chi connectivity index (χ4n) is 2.54. The Bertz CT molecular complexity index is 795. The van der Waals surface area contributed by atoms with E-state index in [4.69, 9.17) is 0 Å². The molecule has 2 aliphatic rings. The van der Waals surface area contributed by atoms with Crippen LogP contribution in [0.3, 0.4) is 0 Å². The quantitative estimate of drug-likeness (QED) is 0.394. The van der Waals surface area contributed by atoms with E-state index in [1.54, 1.807) is 0 Å². The van der Waals surface area contributed by atoms with Crippen molar-refractivity contribution in [3.05, 3.63) is 60.0 Å². The maximum atomic E-state index is 2.31. The van der Waals surface area contributed by atoms with E-state index in [9.17, 15) is 0 Å². The molecule has 1 aromatic heterocycles. The summed E-state index contributed by atoms with van der Waals surface area (Å²) in [5, 5.41) is 6.29. The van der Waals surface area contributed by atoms with Crippen LogP contribution >= 0.6 is 11.3 Å². The summed E-state index contributed by atoms with van der Waals surface area (Å²) in [5.74, 6) is 0. The molecule has 4 rings (SSSR count). The van der Waals surface area contributed by atoms with Crippen molar-refractivity contribution in [1.82, 2.24) is 0 Å². The van der Waals surface area contributed by atoms with Crippen LogP contribution in [-0.4, -0.2) is 0 Å². The van der Waals surface area contributed by atoms with Crippen LogP contribution in [0, 0.1) is 0 Å². The summed E-state index contributed by atoms with van der Waals surface area (Å²) >= 11 is 1.81. The highest BCUT2D eigenvalue weighted by atomic mass is 32.1. The molecule has 0 radical (unpaired) electrons. The third kappa shape index (κ3) is 1.23. The molecule has 0 nitrogen and oxygen atoms in total. The van der Waals surface area contributed by atoms with Crippen LogP contribution in [-0.2, 0) is 0 Å². The molecule has 80 valence electrons. The molecule has 0 amide bonds. The molecule has 0 saturated heterocycles. The van der Waals surface area contributed by atoms with Gasteiger partial charge in [-0.2, -0.15) is 0 Å². The molecule has 1 aromatic carbocycles. The molecule has 0 saturated carbocycles. The minimum Gasteiger partial charge on any atom is -0.144 e. The maximum absolute atomic E-state index is 2.31. The van der Waals surface area contributed by atoms with Gasteiger partial charge in [0.2, 0.25) is 0 Å². The van der Waals surface area contributed by atoms with Crippen LogP contribution in [0.2, 0.25) is 0 Å². The first-order valence-corrected chi connectivity index (χ1v) is 6.59. The van der Waals surface area contributed by atoms with Crippen molar-refractivity contribution in [2.24, 2.45) is 0 Å². The van der Waals surface area contributed by atoms with Gasteiger partial charge < -0.3 is 0 Å². The van der Waals surface area contributed by atoms with Crippen molar-refractivity contribution in [2.45, 2.75) is 0 Å². The third-order valence-corrected chi connectivity index (χ3v) is 4.22. The number of benzene rings is 1. The molecule has 2 aliphatic carbocycles. The summed E-state index contributed by atoms with van der Waals surface area (Å²) in [6.45, 7) is 0. The predicted octanol–water partition coefficient (Wildman–Crippen LogP) is 5.16. The van der Waals surface area contributed by atoms with E-state index in [2.05, 4.69) is 60.0 Å². The smallest absolute Gasteiger partial charge is 0.0349 e. The maximum Gasteiger partial charge on any atom is 0.0349 e. The van der Waals surface area contributed by atoms with E-state index in [0.29, 0.717) is 0 Å². The van der Waals surface area contributed by atoms with Crippen molar-refractivity contribution in [3.63, 3.8) is 0 Å². The Morgan fingerprint density at radius 1 is 0.706 bits per heavy atom. The zero-order chi connectivity index (χ0) is 11.2. The Balaban J connectivity index is 2.30. The van der Waals surface area contributed by atoms with Crippen LogP contribution in [0.15, 0.2) is 60.0 Å². The normalized spacial score (nSPS) is 11.5. The lowest BCUT2D eigenvalue weighted by molar-refractivity contribution is 1.86. The molecule has 1 heteroatoms. The summed E-state index contributed by atoms with van der Waals surface area (Å²) in [6, 6.07) is 19.7. The van der Waals surface area contributed by atoms with Crippen molar-refractivity contribution >= 4 is 32.2 Å². The van der Waals surface area contributed by atoms with Gasteiger partial charge in [0.05, 0.1) is 0 Å². The summed E-state index contributed by atoms with van der Waals surface area (Å²) in [4.78, 5) is 0. The third-order valence-electron chi connectivity index (χ3n) is 3.34. The van der Waals surface area contributed by atoms with Crippen molar-refractivity contribution < 1.29 is 0 Å². The highest BCUT2D eigenvalue weighted by Crippen LogP contribution is 2.38. The lowest BCUT2D eigenvalue weighted by atomic mass is 10.1. The molecule has 0 bridgehead atoms. The second-order valence-electron chi connectivity index (χ2n) is 4.28. The van der Waals surface area contributed by atoms with Gasteiger partial charge in [0.15, 0.2) is 0 Å². The van der Waals surface area contributed by atoms with Crippen molar-refractivity contribution in [2.75, 3.05) is 0 Å². The predicted molar refractivity (Wildman–Crippen MR) is 76.0 cm³/mol. The molecular weight excluding hydrogens is 224 g/mol. The van der Waals surface area contributed by atoms with Gasteiger partial charge in [-0.1, -0.05) is 36.4 Å². The first kappa shape index (κ1) is 9.20. The van der Waals surface area contributed by atoms with E-state index in [-0.39, 0.29) is 0 Å². The monoisotopic (exact) mass is 234 g/mol. The number of hydrogen-bond donors (Lipinski definition) is 0. The van der Waals surface area contributed by atoms with Gasteiger partial charge in [-0.15, -0.1) is 11.3 Å². The van der Waals surface area contributed by atoms with Crippen molar-refractivity contribution in [3.8, 4) is 11.1 Å². The van der Waals surface area contributed by atoms with Crippen LogP contribution < -0.4 is 0 Å². The summed E-state index contributed by atoms with van der Waals surface area (Å²) < 4.78 is 1.37. The van der Waals surface area contributed by atoms with Crippen LogP contribution in [0.4, 0.5) is 0 Å². The topological polar surface area (TPSA) is 0 Å². The van der Waals surface area contributed by atoms with Crippen LogP contribution in [0.1, 0.15) is 0 Å². The molecule has 0 atom stereocenters. The number of fused-ring (bicyclic) bond motifs is 5. The summed E-state index contributed by atoms with van der Waals surface area (Å²) in [7, 11) is 0. The zero-order valence-electron chi connectivity index (χ0n) is 9.18. The Kier molecular flexibility index (Phi) is 1.79. The fourth-order valence-corrected chi connectivity index (χ4v) is 3.35. The van der Waals surface area contributed by atoms with E-state index >= 15 is 0 Å². The number of rotatable bonds is 0. The second kappa shape index (κ2) is 3.31. The second-order valence-corrected chi connectivity index (χ2v) is 5.23. The Morgan fingerprint density at radius 2 is 1.65 bits per heavy atom. The van der Waals surface area contributed by atoms with E-state index in [1.165, 1.54) is 32.0 Å². The molecule has 0 unspecified atom stereocenters. The SMILES string of the molecule is c1ccc2cc3c(ccc4sccc43)c-2cc1. The first-order chi connectivity index (χ1) is 8.43. The van der Waals surface area contributed by atoms with Crippen molar-refractivity contribution in [1.29, 1.82) is 0 Å². The molecular formula is C16H10S. The minimum atomic E-state index is 1.32. The molecule has 17 heavy (non-hydrogen) atoms. The first-order valence-electron chi connectivity index (χ1n) is 5.71. The van der Waals surface area contributed by atoms with Crippen LogP contribution in [0.5, 0.6) is 0 Å².